The Morgan fingerprint density at radius 2 is 1.08 bits per heavy atom. The molecule has 0 spiro atoms. The number of hydrogen-bond acceptors (Lipinski definition) is 12. The fourth-order valence-electron chi connectivity index (χ4n) is 4.90. The molecule has 17 heteroatoms. The van der Waals surface area contributed by atoms with Crippen LogP contribution in [0.25, 0.3) is 0 Å². The van der Waals surface area contributed by atoms with Gasteiger partial charge < -0.3 is 40.8 Å². The van der Waals surface area contributed by atoms with Gasteiger partial charge in [-0.2, -0.15) is 0 Å². The normalized spacial score (nSPS) is 16.2. The van der Waals surface area contributed by atoms with Crippen LogP contribution in [0.2, 0.25) is 0 Å². The van der Waals surface area contributed by atoms with E-state index in [1.807, 2.05) is 9.80 Å². The van der Waals surface area contributed by atoms with E-state index in [1.165, 1.54) is 0 Å². The maximum Gasteiger partial charge on any atom is 0.317 e. The molecule has 0 aromatic heterocycles. The Morgan fingerprint density at radius 3 is 1.51 bits per heavy atom. The topological polar surface area (TPSA) is 221 Å². The molecule has 1 unspecified atom stereocenters. The third-order valence-corrected chi connectivity index (χ3v) is 7.96. The van der Waals surface area contributed by atoms with Crippen LogP contribution in [-0.2, 0) is 33.5 Å². The van der Waals surface area contributed by atoms with Crippen LogP contribution in [0.3, 0.4) is 0 Å². The average Bonchev–Trinajstić information content (AvgIpc) is 3.06. The van der Waals surface area contributed by atoms with E-state index < -0.39 is 11.9 Å². The molecule has 0 aliphatic carbocycles. The van der Waals surface area contributed by atoms with Crippen molar-refractivity contribution in [3.63, 3.8) is 0 Å². The number of carbonyl (C=O) groups is 6. The second-order valence-corrected chi connectivity index (χ2v) is 11.9. The zero-order chi connectivity index (χ0) is 36.9. The molecule has 1 fully saturated rings. The molecule has 0 aromatic rings. The van der Waals surface area contributed by atoms with Crippen LogP contribution in [0.5, 0.6) is 0 Å². The second-order valence-electron chi connectivity index (χ2n) is 11.9. The molecular formula is C32H61N7O10. The van der Waals surface area contributed by atoms with Gasteiger partial charge in [-0.05, 0) is 18.8 Å². The van der Waals surface area contributed by atoms with Gasteiger partial charge in [-0.15, -0.1) is 0 Å². The van der Waals surface area contributed by atoms with Crippen molar-refractivity contribution in [3.05, 3.63) is 0 Å². The van der Waals surface area contributed by atoms with Crippen LogP contribution in [0.4, 0.5) is 0 Å². The third-order valence-electron chi connectivity index (χ3n) is 7.96. The predicted molar refractivity (Wildman–Crippen MR) is 183 cm³/mol. The zero-order valence-corrected chi connectivity index (χ0v) is 29.7. The van der Waals surface area contributed by atoms with Gasteiger partial charge in [0.2, 0.25) is 17.7 Å². The van der Waals surface area contributed by atoms with E-state index >= 15 is 0 Å². The van der Waals surface area contributed by atoms with E-state index in [0.29, 0.717) is 64.8 Å². The van der Waals surface area contributed by atoms with Crippen LogP contribution in [0.1, 0.15) is 46.0 Å². The molecule has 49 heavy (non-hydrogen) atoms. The standard InChI is InChI=1S/C31H57N7O9.CH4O/c1-3-26(2)5-4-8-32-27(40)6-7-28(41)33-9-21-47-22-10-34-29(42)23-36-13-11-35(19-20-39)12-14-37(24-30(43)44)17-18-38(16-15-36)25-31(45)46;1-2/h20,26H,3-19,21-25H2,1-2H3,(H,32,40)(H,33,41)(H,34,42)(H,43,44)(H,45,46);2H,1H3. The number of carbonyl (C=O) groups excluding carboxylic acids is 4. The summed E-state index contributed by atoms with van der Waals surface area (Å²) in [7, 11) is 1.00. The average molecular weight is 704 g/mol. The van der Waals surface area contributed by atoms with Crippen LogP contribution in [0.15, 0.2) is 0 Å². The SMILES string of the molecule is CCC(C)CCCNC(=O)CCC(=O)NCCOCCNC(=O)CN1CCN(CC=O)CCN(CC(=O)O)CCN(CC(=O)O)CC1.CO. The highest BCUT2D eigenvalue weighted by atomic mass is 16.5. The molecule has 3 amide bonds. The van der Waals surface area contributed by atoms with Gasteiger partial charge in [0.05, 0.1) is 39.4 Å². The highest BCUT2D eigenvalue weighted by molar-refractivity contribution is 5.83. The number of aliphatic hydroxyl groups excluding tert-OH is 1. The smallest absolute Gasteiger partial charge is 0.317 e. The molecule has 6 N–H and O–H groups in total. The minimum atomic E-state index is -0.992. The van der Waals surface area contributed by atoms with Crippen molar-refractivity contribution in [2.45, 2.75) is 46.0 Å². The Morgan fingerprint density at radius 1 is 0.673 bits per heavy atom. The largest absolute Gasteiger partial charge is 0.480 e. The molecule has 284 valence electrons. The number of hydrogen-bond donors (Lipinski definition) is 6. The summed E-state index contributed by atoms with van der Waals surface area (Å²) < 4.78 is 5.50. The fourth-order valence-corrected chi connectivity index (χ4v) is 4.90. The molecule has 0 radical (unpaired) electrons. The Hall–Kier alpha value is -3.22. The van der Waals surface area contributed by atoms with Crippen molar-refractivity contribution in [1.82, 2.24) is 35.6 Å². The lowest BCUT2D eigenvalue weighted by Gasteiger charge is -2.32. The van der Waals surface area contributed by atoms with Gasteiger partial charge in [0, 0.05) is 91.9 Å². The summed E-state index contributed by atoms with van der Waals surface area (Å²) in [4.78, 5) is 77.8. The van der Waals surface area contributed by atoms with Crippen molar-refractivity contribution in [2.75, 3.05) is 118 Å². The molecule has 1 atom stereocenters. The van der Waals surface area contributed by atoms with Gasteiger partial charge in [0.25, 0.3) is 0 Å². The van der Waals surface area contributed by atoms with Gasteiger partial charge in [0.1, 0.15) is 6.29 Å². The highest BCUT2D eigenvalue weighted by Gasteiger charge is 2.20. The number of rotatable bonds is 22. The number of carboxylic acid groups (broad SMARTS) is 2. The number of amides is 3. The fraction of sp³-hybridized carbons (Fsp3) is 0.812. The molecule has 1 rings (SSSR count). The van der Waals surface area contributed by atoms with E-state index in [-0.39, 0.29) is 83.0 Å². The summed E-state index contributed by atoms with van der Waals surface area (Å²) in [6, 6.07) is 0. The first-order chi connectivity index (χ1) is 23.5. The minimum absolute atomic E-state index is 0.0719. The predicted octanol–water partition coefficient (Wildman–Crippen LogP) is -1.84. The Labute approximate surface area is 290 Å². The number of nitrogens with one attached hydrogen (secondary N) is 3. The summed E-state index contributed by atoms with van der Waals surface area (Å²) in [5, 5.41) is 34.0. The molecule has 1 aliphatic rings. The molecule has 0 saturated carbocycles. The maximum absolute atomic E-state index is 12.7. The minimum Gasteiger partial charge on any atom is -0.480 e. The third kappa shape index (κ3) is 26.3. The number of aliphatic carboxylic acids is 2. The number of ether oxygens (including phenoxy) is 1. The Bertz CT molecular complexity index is 959. The van der Waals surface area contributed by atoms with E-state index in [2.05, 4.69) is 29.8 Å². The first-order valence-corrected chi connectivity index (χ1v) is 17.1. The Kier molecular flexibility index (Phi) is 27.7. The molecule has 1 heterocycles. The van der Waals surface area contributed by atoms with Crippen molar-refractivity contribution in [2.24, 2.45) is 5.92 Å². The first kappa shape index (κ1) is 45.8. The molecule has 1 saturated heterocycles. The van der Waals surface area contributed by atoms with Gasteiger partial charge >= 0.3 is 11.9 Å². The molecule has 0 bridgehead atoms. The highest BCUT2D eigenvalue weighted by Crippen LogP contribution is 2.08. The van der Waals surface area contributed by atoms with E-state index in [9.17, 15) is 39.0 Å². The van der Waals surface area contributed by atoms with Gasteiger partial charge in [-0.25, -0.2) is 0 Å². The number of nitrogens with zero attached hydrogens (tertiary/aromatic N) is 4. The van der Waals surface area contributed by atoms with Gasteiger partial charge in [0.15, 0.2) is 0 Å². The van der Waals surface area contributed by atoms with Crippen molar-refractivity contribution in [1.29, 1.82) is 0 Å². The number of aldehydes is 1. The van der Waals surface area contributed by atoms with Crippen LogP contribution in [-0.4, -0.2) is 189 Å². The van der Waals surface area contributed by atoms with E-state index in [1.54, 1.807) is 9.80 Å². The van der Waals surface area contributed by atoms with Crippen LogP contribution in [0, 0.1) is 5.92 Å². The summed E-state index contributed by atoms with van der Waals surface area (Å²) >= 11 is 0. The second kappa shape index (κ2) is 29.7. The van der Waals surface area contributed by atoms with Crippen LogP contribution < -0.4 is 16.0 Å². The van der Waals surface area contributed by atoms with Crippen LogP contribution >= 0.6 is 0 Å². The number of carboxylic acids is 2. The van der Waals surface area contributed by atoms with Crippen molar-refractivity contribution >= 4 is 35.9 Å². The van der Waals surface area contributed by atoms with Crippen molar-refractivity contribution < 1.29 is 48.8 Å². The zero-order valence-electron chi connectivity index (χ0n) is 29.7. The lowest BCUT2D eigenvalue weighted by molar-refractivity contribution is -0.140. The first-order valence-electron chi connectivity index (χ1n) is 17.1. The van der Waals surface area contributed by atoms with Gasteiger partial charge in [-0.1, -0.05) is 20.3 Å². The summed E-state index contributed by atoms with van der Waals surface area (Å²) in [6.45, 7) is 9.13. The lowest BCUT2D eigenvalue weighted by Crippen LogP contribution is -2.49. The monoisotopic (exact) mass is 703 g/mol. The Balaban J connectivity index is 0.0000113. The summed E-state index contributed by atoms with van der Waals surface area (Å²) in [5.41, 5.74) is 0. The van der Waals surface area contributed by atoms with Crippen molar-refractivity contribution in [3.8, 4) is 0 Å². The molecular weight excluding hydrogens is 642 g/mol. The van der Waals surface area contributed by atoms with Gasteiger partial charge in [-0.3, -0.25) is 43.6 Å². The molecule has 1 aliphatic heterocycles. The molecule has 17 nitrogen and oxygen atoms in total. The van der Waals surface area contributed by atoms with E-state index in [0.717, 1.165) is 32.7 Å². The molecule has 0 aromatic carbocycles. The quantitative estimate of drug-likeness (QED) is 0.0539. The summed E-state index contributed by atoms with van der Waals surface area (Å²) in [6.07, 6.45) is 4.14. The van der Waals surface area contributed by atoms with E-state index in [4.69, 9.17) is 9.84 Å². The number of aliphatic hydroxyl groups is 1. The summed E-state index contributed by atoms with van der Waals surface area (Å²) in [5.74, 6) is -1.92. The lowest BCUT2D eigenvalue weighted by atomic mass is 10.0. The maximum atomic E-state index is 12.7.